The molecule has 108 valence electrons. The third-order valence-electron chi connectivity index (χ3n) is 2.43. The minimum atomic E-state index is -1.24. The second kappa shape index (κ2) is 6.27. The summed E-state index contributed by atoms with van der Waals surface area (Å²) in [5.74, 6) is -2.44. The summed E-state index contributed by atoms with van der Waals surface area (Å²) in [6, 6.07) is 6.65. The molecule has 0 atom stereocenters. The molecule has 0 unspecified atom stereocenters. The summed E-state index contributed by atoms with van der Waals surface area (Å²) in [7, 11) is 0. The molecule has 0 saturated carbocycles. The summed E-state index contributed by atoms with van der Waals surface area (Å²) in [6.45, 7) is -0.309. The average molecular weight is 353 g/mol. The summed E-state index contributed by atoms with van der Waals surface area (Å²) in [5.41, 5.74) is 0.0376. The molecule has 2 N–H and O–H groups in total. The van der Waals surface area contributed by atoms with Gasteiger partial charge >= 0.3 is 5.97 Å². The van der Waals surface area contributed by atoms with Gasteiger partial charge < -0.3 is 5.11 Å². The molecular weight excluding hydrogens is 344 g/mol. The highest BCUT2D eigenvalue weighted by Gasteiger charge is 2.15. The van der Waals surface area contributed by atoms with Crippen molar-refractivity contribution in [1.82, 2.24) is 20.3 Å². The SMILES string of the molecule is O=C(Cn1cc(C(=O)O)nn1)NC(=O)c1ccccc1Br. The van der Waals surface area contributed by atoms with E-state index in [9.17, 15) is 14.4 Å². The third kappa shape index (κ3) is 3.72. The second-order valence-corrected chi connectivity index (χ2v) is 4.82. The maximum atomic E-state index is 11.9. The largest absolute Gasteiger partial charge is 0.476 e. The predicted octanol–water partition coefficient (Wildman–Crippen LogP) is 0.695. The zero-order valence-corrected chi connectivity index (χ0v) is 12.1. The number of rotatable bonds is 4. The number of benzene rings is 1. The standard InChI is InChI=1S/C12H9BrN4O4/c13-8-4-2-1-3-7(8)11(19)14-10(18)6-17-5-9(12(20)21)15-16-17/h1-5H,6H2,(H,20,21)(H,14,18,19). The number of nitrogens with zero attached hydrogens (tertiary/aromatic N) is 3. The normalized spacial score (nSPS) is 10.1. The van der Waals surface area contributed by atoms with Crippen molar-refractivity contribution >= 4 is 33.7 Å². The van der Waals surface area contributed by atoms with E-state index < -0.39 is 17.8 Å². The molecular formula is C12H9BrN4O4. The van der Waals surface area contributed by atoms with Crippen LogP contribution in [0.2, 0.25) is 0 Å². The monoisotopic (exact) mass is 352 g/mol. The molecule has 0 bridgehead atoms. The molecule has 0 aliphatic heterocycles. The van der Waals surface area contributed by atoms with Crippen LogP contribution in [0.3, 0.4) is 0 Å². The molecule has 1 aromatic heterocycles. The predicted molar refractivity (Wildman–Crippen MR) is 73.6 cm³/mol. The van der Waals surface area contributed by atoms with Crippen LogP contribution in [-0.2, 0) is 11.3 Å². The molecule has 2 aromatic rings. The Morgan fingerprint density at radius 2 is 2.00 bits per heavy atom. The van der Waals surface area contributed by atoms with E-state index in [1.165, 1.54) is 0 Å². The first kappa shape index (κ1) is 14.9. The van der Waals surface area contributed by atoms with Crippen molar-refractivity contribution in [2.45, 2.75) is 6.54 Å². The molecule has 0 aliphatic carbocycles. The van der Waals surface area contributed by atoms with Crippen LogP contribution in [0.25, 0.3) is 0 Å². The highest BCUT2D eigenvalue weighted by atomic mass is 79.9. The Morgan fingerprint density at radius 1 is 1.29 bits per heavy atom. The Balaban J connectivity index is 2.00. The van der Waals surface area contributed by atoms with E-state index in [2.05, 4.69) is 31.6 Å². The number of carboxylic acids is 1. The van der Waals surface area contributed by atoms with Crippen LogP contribution >= 0.6 is 15.9 Å². The Labute approximate surface area is 126 Å². The number of carbonyl (C=O) groups is 3. The van der Waals surface area contributed by atoms with Gasteiger partial charge in [0.2, 0.25) is 5.91 Å². The fraction of sp³-hybridized carbons (Fsp3) is 0.0833. The third-order valence-corrected chi connectivity index (χ3v) is 3.13. The maximum Gasteiger partial charge on any atom is 0.358 e. The average Bonchev–Trinajstić information content (AvgIpc) is 2.87. The van der Waals surface area contributed by atoms with Crippen molar-refractivity contribution in [3.63, 3.8) is 0 Å². The molecule has 0 saturated heterocycles. The summed E-state index contributed by atoms with van der Waals surface area (Å²) in [6.07, 6.45) is 1.10. The van der Waals surface area contributed by atoms with Gasteiger partial charge in [0.1, 0.15) is 6.54 Å². The molecule has 8 nitrogen and oxygen atoms in total. The van der Waals surface area contributed by atoms with Crippen LogP contribution in [0.15, 0.2) is 34.9 Å². The molecule has 21 heavy (non-hydrogen) atoms. The van der Waals surface area contributed by atoms with Gasteiger partial charge in [-0.25, -0.2) is 9.48 Å². The number of amides is 2. The molecule has 0 spiro atoms. The smallest absolute Gasteiger partial charge is 0.358 e. The number of imide groups is 1. The first-order chi connectivity index (χ1) is 9.97. The van der Waals surface area contributed by atoms with Crippen molar-refractivity contribution in [1.29, 1.82) is 0 Å². The van der Waals surface area contributed by atoms with Crippen LogP contribution in [-0.4, -0.2) is 37.9 Å². The molecule has 0 radical (unpaired) electrons. The Morgan fingerprint density at radius 3 is 2.62 bits per heavy atom. The van der Waals surface area contributed by atoms with E-state index in [0.717, 1.165) is 10.9 Å². The number of carboxylic acid groups (broad SMARTS) is 1. The van der Waals surface area contributed by atoms with Crippen LogP contribution in [0, 0.1) is 0 Å². The molecule has 0 fully saturated rings. The summed E-state index contributed by atoms with van der Waals surface area (Å²) in [4.78, 5) is 34.2. The number of carbonyl (C=O) groups excluding carboxylic acids is 2. The van der Waals surface area contributed by atoms with Gasteiger partial charge in [0.15, 0.2) is 5.69 Å². The molecule has 2 rings (SSSR count). The van der Waals surface area contributed by atoms with Gasteiger partial charge in [0.05, 0.1) is 11.8 Å². The quantitative estimate of drug-likeness (QED) is 0.836. The lowest BCUT2D eigenvalue weighted by molar-refractivity contribution is -0.120. The number of halogens is 1. The van der Waals surface area contributed by atoms with E-state index in [-0.39, 0.29) is 12.2 Å². The fourth-order valence-electron chi connectivity index (χ4n) is 1.50. The minimum Gasteiger partial charge on any atom is -0.476 e. The van der Waals surface area contributed by atoms with Gasteiger partial charge in [-0.05, 0) is 28.1 Å². The molecule has 9 heteroatoms. The van der Waals surface area contributed by atoms with Crippen LogP contribution in [0.5, 0.6) is 0 Å². The van der Waals surface area contributed by atoms with Gasteiger partial charge in [-0.3, -0.25) is 14.9 Å². The number of hydrogen-bond acceptors (Lipinski definition) is 5. The van der Waals surface area contributed by atoms with Gasteiger partial charge in [0, 0.05) is 4.47 Å². The molecule has 1 heterocycles. The zero-order chi connectivity index (χ0) is 15.4. The van der Waals surface area contributed by atoms with E-state index in [4.69, 9.17) is 5.11 Å². The lowest BCUT2D eigenvalue weighted by Crippen LogP contribution is -2.33. The fourth-order valence-corrected chi connectivity index (χ4v) is 1.96. The first-order valence-electron chi connectivity index (χ1n) is 5.69. The van der Waals surface area contributed by atoms with Gasteiger partial charge in [-0.15, -0.1) is 5.10 Å². The number of nitrogens with one attached hydrogen (secondary N) is 1. The highest BCUT2D eigenvalue weighted by molar-refractivity contribution is 9.10. The number of hydrogen-bond donors (Lipinski definition) is 2. The van der Waals surface area contributed by atoms with Crippen LogP contribution in [0.1, 0.15) is 20.8 Å². The first-order valence-corrected chi connectivity index (χ1v) is 6.49. The van der Waals surface area contributed by atoms with E-state index in [1.54, 1.807) is 24.3 Å². The van der Waals surface area contributed by atoms with Crippen molar-refractivity contribution in [3.05, 3.63) is 46.2 Å². The van der Waals surface area contributed by atoms with Crippen LogP contribution < -0.4 is 5.32 Å². The lowest BCUT2D eigenvalue weighted by atomic mass is 10.2. The highest BCUT2D eigenvalue weighted by Crippen LogP contribution is 2.15. The van der Waals surface area contributed by atoms with Crippen molar-refractivity contribution < 1.29 is 19.5 Å². The number of aromatic carboxylic acids is 1. The van der Waals surface area contributed by atoms with Crippen molar-refractivity contribution in [2.24, 2.45) is 0 Å². The summed E-state index contributed by atoms with van der Waals surface area (Å²) in [5, 5.41) is 17.7. The minimum absolute atomic E-state index is 0.278. The topological polar surface area (TPSA) is 114 Å². The Kier molecular flexibility index (Phi) is 4.43. The summed E-state index contributed by atoms with van der Waals surface area (Å²) < 4.78 is 1.59. The Bertz CT molecular complexity index is 713. The van der Waals surface area contributed by atoms with Crippen molar-refractivity contribution in [2.75, 3.05) is 0 Å². The van der Waals surface area contributed by atoms with Gasteiger partial charge in [0.25, 0.3) is 5.91 Å². The van der Waals surface area contributed by atoms with E-state index in [0.29, 0.717) is 10.0 Å². The van der Waals surface area contributed by atoms with Crippen LogP contribution in [0.4, 0.5) is 0 Å². The zero-order valence-electron chi connectivity index (χ0n) is 10.5. The molecule has 1 aromatic carbocycles. The lowest BCUT2D eigenvalue weighted by Gasteiger charge is -2.05. The van der Waals surface area contributed by atoms with Gasteiger partial charge in [-0.2, -0.15) is 0 Å². The second-order valence-electron chi connectivity index (χ2n) is 3.96. The Hall–Kier alpha value is -2.55. The summed E-state index contributed by atoms with van der Waals surface area (Å²) >= 11 is 3.21. The molecule has 2 amide bonds. The van der Waals surface area contributed by atoms with E-state index >= 15 is 0 Å². The molecule has 0 aliphatic rings. The van der Waals surface area contributed by atoms with Gasteiger partial charge in [-0.1, -0.05) is 17.3 Å². The van der Waals surface area contributed by atoms with E-state index in [1.807, 2.05) is 0 Å². The number of aromatic nitrogens is 3. The van der Waals surface area contributed by atoms with Crippen molar-refractivity contribution in [3.8, 4) is 0 Å². The maximum absolute atomic E-state index is 11.9.